The molecule has 4 aliphatic rings. The van der Waals surface area contributed by atoms with Crippen LogP contribution in [-0.4, -0.2) is 21.7 Å². The predicted octanol–water partition coefficient (Wildman–Crippen LogP) is 8.84. The van der Waals surface area contributed by atoms with E-state index in [1.165, 1.54) is 71.3 Å². The molecule has 0 fully saturated rings. The summed E-state index contributed by atoms with van der Waals surface area (Å²) in [6.45, 7) is 0.0611. The maximum atomic E-state index is 15.2. The molecule has 54 heavy (non-hydrogen) atoms. The average Bonchev–Trinajstić information content (AvgIpc) is 3.23. The molecule has 0 saturated heterocycles. The molecule has 7 aromatic rings. The molecule has 0 unspecified atom stereocenters. The Morgan fingerprint density at radius 3 is 1.85 bits per heavy atom. The molecule has 0 N–H and O–H groups in total. The predicted molar refractivity (Wildman–Crippen MR) is 225 cm³/mol. The van der Waals surface area contributed by atoms with Crippen LogP contribution in [0.3, 0.4) is 0 Å². The zero-order valence-electron chi connectivity index (χ0n) is 29.6. The monoisotopic (exact) mass is 763 g/mol. The number of allylic oxidation sites excluding steroid dienone is 2. The van der Waals surface area contributed by atoms with E-state index in [-0.39, 0.29) is 27.5 Å². The molecule has 3 aliphatic heterocycles. The van der Waals surface area contributed by atoms with E-state index in [1.54, 1.807) is 12.1 Å². The van der Waals surface area contributed by atoms with Crippen molar-refractivity contribution in [3.63, 3.8) is 0 Å². The Kier molecular flexibility index (Phi) is 7.43. The molecule has 3 heterocycles. The van der Waals surface area contributed by atoms with E-state index in [0.29, 0.717) is 0 Å². The third-order valence-electron chi connectivity index (χ3n) is 11.4. The minimum absolute atomic E-state index is 0.0611. The van der Waals surface area contributed by atoms with E-state index < -0.39 is 0 Å². The summed E-state index contributed by atoms with van der Waals surface area (Å²) in [6.07, 6.45) is 4.35. The van der Waals surface area contributed by atoms with E-state index in [0.717, 1.165) is 42.0 Å². The molecule has 3 nitrogen and oxygen atoms in total. The first-order chi connectivity index (χ1) is 26.7. The number of rotatable bonds is 4. The second kappa shape index (κ2) is 12.7. The first-order valence-corrected chi connectivity index (χ1v) is 20.6. The number of para-hydroxylation sites is 3. The van der Waals surface area contributed by atoms with E-state index >= 15 is 4.39 Å². The number of halogens is 1. The van der Waals surface area contributed by atoms with Crippen molar-refractivity contribution in [1.82, 2.24) is 0 Å². The van der Waals surface area contributed by atoms with Gasteiger partial charge in [0.15, 0.2) is 0 Å². The summed E-state index contributed by atoms with van der Waals surface area (Å²) < 4.78 is 18.0. The molecule has 7 aromatic carbocycles. The first-order valence-electron chi connectivity index (χ1n) is 18.9. The number of fused-ring (bicyclic) bond motifs is 5. The van der Waals surface area contributed by atoms with Crippen molar-refractivity contribution >= 4 is 86.8 Å². The summed E-state index contributed by atoms with van der Waals surface area (Å²) in [5.74, 6) is -0.234. The van der Waals surface area contributed by atoms with E-state index in [4.69, 9.17) is 0 Å². The summed E-state index contributed by atoms with van der Waals surface area (Å²) >= 11 is 0.142. The summed E-state index contributed by atoms with van der Waals surface area (Å²) in [5, 5.41) is 0. The Bertz CT molecular complexity index is 2640. The van der Waals surface area contributed by atoms with Crippen LogP contribution in [0.5, 0.6) is 0 Å². The van der Waals surface area contributed by atoms with Crippen LogP contribution >= 0.6 is 0 Å². The van der Waals surface area contributed by atoms with Gasteiger partial charge in [-0.15, -0.1) is 0 Å². The molecule has 11 rings (SSSR count). The van der Waals surface area contributed by atoms with Crippen LogP contribution in [0.2, 0.25) is 0 Å². The summed E-state index contributed by atoms with van der Waals surface area (Å²) in [6, 6.07) is 58.4. The first kappa shape index (κ1) is 31.7. The van der Waals surface area contributed by atoms with Gasteiger partial charge in [0, 0.05) is 0 Å². The maximum absolute atomic E-state index is 15.2. The van der Waals surface area contributed by atoms with E-state index in [1.807, 2.05) is 12.1 Å². The van der Waals surface area contributed by atoms with Crippen molar-refractivity contribution < 1.29 is 4.39 Å². The molecule has 6 heteroatoms. The van der Waals surface area contributed by atoms with Gasteiger partial charge in [-0.25, -0.2) is 0 Å². The Hall–Kier alpha value is -5.81. The topological polar surface area (TPSA) is 9.72 Å². The zero-order chi connectivity index (χ0) is 35.8. The van der Waals surface area contributed by atoms with Crippen molar-refractivity contribution in [2.45, 2.75) is 25.7 Å². The van der Waals surface area contributed by atoms with Gasteiger partial charge in [0.05, 0.1) is 0 Å². The molecular weight excluding hydrogens is 727 g/mol. The van der Waals surface area contributed by atoms with Gasteiger partial charge in [0.2, 0.25) is 0 Å². The molecule has 0 aromatic heterocycles. The van der Waals surface area contributed by atoms with Crippen molar-refractivity contribution in [2.24, 2.45) is 0 Å². The SMILES string of the molecule is Fc1cccc(N2c3cc(N4C5=C(CCCC5)N(c5ccccc5)c5ccccc54)ccc3B3c4cc(-c5ccccc5)ccc4[Se]c4cccc2c43)c1. The molecule has 0 amide bonds. The Labute approximate surface area is 322 Å². The van der Waals surface area contributed by atoms with Crippen LogP contribution in [0.4, 0.5) is 44.2 Å². The third-order valence-corrected chi connectivity index (χ3v) is 13.9. The fraction of sp³-hybridized carbons (Fsp3) is 0.0833. The van der Waals surface area contributed by atoms with Crippen molar-refractivity contribution in [2.75, 3.05) is 14.7 Å². The molecule has 0 spiro atoms. The van der Waals surface area contributed by atoms with E-state index in [2.05, 4.69) is 154 Å². The van der Waals surface area contributed by atoms with Gasteiger partial charge in [0.1, 0.15) is 0 Å². The Balaban J connectivity index is 1.15. The summed E-state index contributed by atoms with van der Waals surface area (Å²) in [5.41, 5.74) is 16.9. The minimum atomic E-state index is -0.234. The van der Waals surface area contributed by atoms with Gasteiger partial charge in [-0.2, -0.15) is 0 Å². The van der Waals surface area contributed by atoms with Crippen molar-refractivity contribution in [1.29, 1.82) is 0 Å². The van der Waals surface area contributed by atoms with Crippen LogP contribution in [0.25, 0.3) is 11.1 Å². The quantitative estimate of drug-likeness (QED) is 0.166. The van der Waals surface area contributed by atoms with Gasteiger partial charge in [-0.1, -0.05) is 18.2 Å². The average molecular weight is 763 g/mol. The second-order valence-corrected chi connectivity index (χ2v) is 16.8. The van der Waals surface area contributed by atoms with Gasteiger partial charge in [0.25, 0.3) is 0 Å². The number of hydrogen-bond acceptors (Lipinski definition) is 3. The molecular formula is C48H35BFN3Se. The van der Waals surface area contributed by atoms with Crippen LogP contribution in [-0.2, 0) is 0 Å². The molecule has 258 valence electrons. The molecule has 0 bridgehead atoms. The fourth-order valence-corrected chi connectivity index (χ4v) is 11.6. The van der Waals surface area contributed by atoms with E-state index in [9.17, 15) is 0 Å². The molecule has 0 radical (unpaired) electrons. The van der Waals surface area contributed by atoms with Gasteiger partial charge < -0.3 is 0 Å². The van der Waals surface area contributed by atoms with Gasteiger partial charge >= 0.3 is 293 Å². The van der Waals surface area contributed by atoms with Crippen molar-refractivity contribution in [3.8, 4) is 11.1 Å². The molecule has 1 aliphatic carbocycles. The van der Waals surface area contributed by atoms with Gasteiger partial charge in [-0.3, -0.25) is 0 Å². The standard InChI is InChI=1S/C48H35BFN3Se/c50-34-15-11-18-36(30-34)53-44-23-12-24-47-48(44)49(39-29-33(25-28-46(39)54-47)32-13-3-1-4-14-32)38-27-26-37(31-45(38)53)52-42-21-9-7-19-40(42)51(35-16-5-2-6-17-35)41-20-8-10-22-43(41)52/h1-7,9,11-19,21,23-31H,8,10,20,22H2. The molecule has 0 saturated carbocycles. The van der Waals surface area contributed by atoms with Crippen LogP contribution in [0, 0.1) is 5.82 Å². The van der Waals surface area contributed by atoms with Crippen LogP contribution in [0.15, 0.2) is 175 Å². The van der Waals surface area contributed by atoms with Crippen LogP contribution < -0.4 is 40.0 Å². The number of hydrogen-bond donors (Lipinski definition) is 0. The number of nitrogens with zero attached hydrogens (tertiary/aromatic N) is 3. The Morgan fingerprint density at radius 1 is 0.444 bits per heavy atom. The van der Waals surface area contributed by atoms with Gasteiger partial charge in [-0.05, 0) is 12.1 Å². The van der Waals surface area contributed by atoms with Crippen LogP contribution in [0.1, 0.15) is 25.7 Å². The number of benzene rings is 7. The second-order valence-electron chi connectivity index (χ2n) is 14.5. The zero-order valence-corrected chi connectivity index (χ0v) is 31.3. The fourth-order valence-electron chi connectivity index (χ4n) is 9.17. The molecule has 0 atom stereocenters. The third kappa shape index (κ3) is 4.94. The Morgan fingerprint density at radius 2 is 1.09 bits per heavy atom. The number of anilines is 7. The summed E-state index contributed by atoms with van der Waals surface area (Å²) in [4.78, 5) is 7.33. The summed E-state index contributed by atoms with van der Waals surface area (Å²) in [7, 11) is 0. The normalized spacial score (nSPS) is 15.3. The van der Waals surface area contributed by atoms with Crippen molar-refractivity contribution in [3.05, 3.63) is 181 Å².